The molecule has 2 aromatic carbocycles. The molecule has 0 aromatic heterocycles. The van der Waals surface area contributed by atoms with Crippen LogP contribution in [0.4, 0.5) is 0 Å². The van der Waals surface area contributed by atoms with Crippen LogP contribution in [0.2, 0.25) is 0 Å². The molecule has 7 heteroatoms. The lowest BCUT2D eigenvalue weighted by molar-refractivity contribution is -0.530. The van der Waals surface area contributed by atoms with E-state index in [-0.39, 0.29) is 9.85 Å². The van der Waals surface area contributed by atoms with Crippen LogP contribution in [0.1, 0.15) is 139 Å². The first-order valence-electron chi connectivity index (χ1n) is 16.0. The number of hydrogen-bond donors (Lipinski definition) is 0. The highest BCUT2D eigenvalue weighted by Crippen LogP contribution is 2.24. The number of benzene rings is 2. The van der Waals surface area contributed by atoms with Gasteiger partial charge in [0.25, 0.3) is 0 Å². The summed E-state index contributed by atoms with van der Waals surface area (Å²) in [5.41, 5.74) is 1.63. The SMILES string of the molecule is O=[N+]([O-])C(CCCCCCCCCCOCCCCCCCCCCC(c1ccccc1)[N+](=O)[O-])c1ccccc1. The lowest BCUT2D eigenvalue weighted by Gasteiger charge is -2.09. The second-order valence-electron chi connectivity index (χ2n) is 11.3. The van der Waals surface area contributed by atoms with Gasteiger partial charge < -0.3 is 4.74 Å². The fraction of sp³-hybridized carbons (Fsp3) is 0.647. The molecule has 0 radical (unpaired) electrons. The Hall–Kier alpha value is -2.80. The van der Waals surface area contributed by atoms with Gasteiger partial charge in [-0.15, -0.1) is 0 Å². The van der Waals surface area contributed by atoms with Gasteiger partial charge in [-0.2, -0.15) is 0 Å². The fourth-order valence-electron chi connectivity index (χ4n) is 5.44. The van der Waals surface area contributed by atoms with E-state index < -0.39 is 12.1 Å². The van der Waals surface area contributed by atoms with Crippen LogP contribution in [-0.2, 0) is 4.74 Å². The van der Waals surface area contributed by atoms with Crippen LogP contribution in [-0.4, -0.2) is 23.1 Å². The molecule has 7 nitrogen and oxygen atoms in total. The highest BCUT2D eigenvalue weighted by molar-refractivity contribution is 5.18. The monoisotopic (exact) mass is 568 g/mol. The van der Waals surface area contributed by atoms with Gasteiger partial charge in [0.1, 0.15) is 0 Å². The molecule has 0 heterocycles. The molecule has 0 bridgehead atoms. The summed E-state index contributed by atoms with van der Waals surface area (Å²) in [6.45, 7) is 1.71. The second kappa shape index (κ2) is 22.8. The molecule has 0 saturated heterocycles. The third kappa shape index (κ3) is 16.3. The first-order valence-corrected chi connectivity index (χ1v) is 16.0. The Morgan fingerprint density at radius 3 is 1.07 bits per heavy atom. The van der Waals surface area contributed by atoms with Crippen LogP contribution in [0, 0.1) is 20.2 Å². The van der Waals surface area contributed by atoms with Crippen molar-refractivity contribution >= 4 is 0 Å². The maximum absolute atomic E-state index is 11.4. The van der Waals surface area contributed by atoms with Crippen molar-refractivity contribution in [3.8, 4) is 0 Å². The van der Waals surface area contributed by atoms with E-state index in [4.69, 9.17) is 4.74 Å². The average molecular weight is 569 g/mol. The smallest absolute Gasteiger partial charge is 0.238 e. The molecule has 2 aromatic rings. The molecule has 0 amide bonds. The van der Waals surface area contributed by atoms with E-state index in [1.54, 1.807) is 0 Å². The lowest BCUT2D eigenvalue weighted by Crippen LogP contribution is -2.10. The molecule has 0 spiro atoms. The quantitative estimate of drug-likeness (QED) is 0.0639. The number of rotatable bonds is 26. The van der Waals surface area contributed by atoms with E-state index in [0.29, 0.717) is 12.8 Å². The summed E-state index contributed by atoms with van der Waals surface area (Å²) < 4.78 is 5.80. The van der Waals surface area contributed by atoms with Crippen molar-refractivity contribution in [2.75, 3.05) is 13.2 Å². The zero-order valence-corrected chi connectivity index (χ0v) is 25.0. The topological polar surface area (TPSA) is 95.5 Å². The standard InChI is InChI=1S/C34H52N2O5/c37-35(38)33(31-23-15-13-16-24-31)27-19-9-5-1-3-7-11-21-29-41-30-22-12-8-4-2-6-10-20-28-34(36(39)40)32-25-17-14-18-26-32/h13-18,23-26,33-34H,1-12,19-22,27-30H2. The van der Waals surface area contributed by atoms with Gasteiger partial charge in [0.15, 0.2) is 0 Å². The van der Waals surface area contributed by atoms with E-state index in [1.165, 1.54) is 51.4 Å². The molecule has 0 aliphatic rings. The van der Waals surface area contributed by atoms with Crippen molar-refractivity contribution in [3.05, 3.63) is 92.0 Å². The van der Waals surface area contributed by atoms with Gasteiger partial charge in [-0.3, -0.25) is 20.2 Å². The summed E-state index contributed by atoms with van der Waals surface area (Å²) in [4.78, 5) is 22.5. The van der Waals surface area contributed by atoms with Gasteiger partial charge in [-0.1, -0.05) is 138 Å². The molecular formula is C34H52N2O5. The average Bonchev–Trinajstić information content (AvgIpc) is 2.98. The van der Waals surface area contributed by atoms with E-state index in [0.717, 1.165) is 75.7 Å². The number of ether oxygens (including phenoxy) is 1. The molecule has 2 unspecified atom stereocenters. The predicted molar refractivity (Wildman–Crippen MR) is 166 cm³/mol. The maximum atomic E-state index is 11.4. The molecule has 0 N–H and O–H groups in total. The summed E-state index contributed by atoms with van der Waals surface area (Å²) in [7, 11) is 0. The minimum absolute atomic E-state index is 0.145. The van der Waals surface area contributed by atoms with Gasteiger partial charge in [0, 0.05) is 47.0 Å². The van der Waals surface area contributed by atoms with Gasteiger partial charge in [-0.25, -0.2) is 0 Å². The Morgan fingerprint density at radius 2 is 0.756 bits per heavy atom. The summed E-state index contributed by atoms with van der Waals surface area (Å²) >= 11 is 0. The Morgan fingerprint density at radius 1 is 0.463 bits per heavy atom. The normalized spacial score (nSPS) is 12.7. The highest BCUT2D eigenvalue weighted by atomic mass is 16.6. The minimum Gasteiger partial charge on any atom is -0.381 e. The van der Waals surface area contributed by atoms with Crippen LogP contribution in [0.5, 0.6) is 0 Å². The zero-order valence-electron chi connectivity index (χ0n) is 25.0. The number of unbranched alkanes of at least 4 members (excludes halogenated alkanes) is 14. The highest BCUT2D eigenvalue weighted by Gasteiger charge is 2.22. The van der Waals surface area contributed by atoms with E-state index in [9.17, 15) is 20.2 Å². The zero-order chi connectivity index (χ0) is 29.4. The number of hydrogen-bond acceptors (Lipinski definition) is 5. The van der Waals surface area contributed by atoms with Crippen LogP contribution in [0.3, 0.4) is 0 Å². The first kappa shape index (κ1) is 34.4. The Balaban J connectivity index is 1.29. The van der Waals surface area contributed by atoms with Crippen molar-refractivity contribution in [2.24, 2.45) is 0 Å². The van der Waals surface area contributed by atoms with Crippen molar-refractivity contribution in [1.29, 1.82) is 0 Å². The van der Waals surface area contributed by atoms with Crippen molar-refractivity contribution in [1.82, 2.24) is 0 Å². The molecule has 0 fully saturated rings. The van der Waals surface area contributed by atoms with Crippen LogP contribution >= 0.6 is 0 Å². The Bertz CT molecular complexity index is 850. The van der Waals surface area contributed by atoms with Crippen LogP contribution in [0.25, 0.3) is 0 Å². The predicted octanol–water partition coefficient (Wildman–Crippen LogP) is 10.1. The van der Waals surface area contributed by atoms with E-state index in [1.807, 2.05) is 60.7 Å². The fourth-order valence-corrected chi connectivity index (χ4v) is 5.44. The first-order chi connectivity index (χ1) is 20.1. The molecule has 2 rings (SSSR count). The third-order valence-electron chi connectivity index (χ3n) is 7.91. The molecule has 2 atom stereocenters. The van der Waals surface area contributed by atoms with Crippen molar-refractivity contribution < 1.29 is 14.6 Å². The van der Waals surface area contributed by atoms with Gasteiger partial charge >= 0.3 is 0 Å². The third-order valence-corrected chi connectivity index (χ3v) is 7.91. The summed E-state index contributed by atoms with van der Waals surface area (Å²) in [5.74, 6) is 0. The Kier molecular flexibility index (Phi) is 19.2. The largest absolute Gasteiger partial charge is 0.381 e. The maximum Gasteiger partial charge on any atom is 0.238 e. The molecule has 0 saturated carbocycles. The lowest BCUT2D eigenvalue weighted by atomic mass is 10.00. The van der Waals surface area contributed by atoms with Crippen molar-refractivity contribution in [2.45, 2.75) is 128 Å². The molecule has 41 heavy (non-hydrogen) atoms. The van der Waals surface area contributed by atoms with Gasteiger partial charge in [0.2, 0.25) is 12.1 Å². The summed E-state index contributed by atoms with van der Waals surface area (Å²) in [6.07, 6.45) is 19.6. The minimum atomic E-state index is -0.573. The Labute approximate surface area is 247 Å². The molecule has 0 aliphatic carbocycles. The van der Waals surface area contributed by atoms with Gasteiger partial charge in [-0.05, 0) is 25.7 Å². The van der Waals surface area contributed by atoms with Crippen molar-refractivity contribution in [3.63, 3.8) is 0 Å². The number of nitrogens with zero attached hydrogens (tertiary/aromatic N) is 2. The number of nitro groups is 2. The molecule has 0 aliphatic heterocycles. The molecule has 228 valence electrons. The van der Waals surface area contributed by atoms with Gasteiger partial charge in [0.05, 0.1) is 0 Å². The second-order valence-corrected chi connectivity index (χ2v) is 11.3. The summed E-state index contributed by atoms with van der Waals surface area (Å²) in [6, 6.07) is 17.6. The van der Waals surface area contributed by atoms with Crippen LogP contribution < -0.4 is 0 Å². The van der Waals surface area contributed by atoms with E-state index in [2.05, 4.69) is 0 Å². The summed E-state index contributed by atoms with van der Waals surface area (Å²) in [5, 5.41) is 22.8. The van der Waals surface area contributed by atoms with E-state index >= 15 is 0 Å². The molecular weight excluding hydrogens is 516 g/mol. The van der Waals surface area contributed by atoms with Crippen LogP contribution in [0.15, 0.2) is 60.7 Å².